The summed E-state index contributed by atoms with van der Waals surface area (Å²) in [7, 11) is 0. The summed E-state index contributed by atoms with van der Waals surface area (Å²) in [5, 5.41) is 7.24. The van der Waals surface area contributed by atoms with Crippen LogP contribution in [-0.2, 0) is 0 Å². The second-order valence-corrected chi connectivity index (χ2v) is 3.48. The number of carbonyl (C=O) groups excluding carboxylic acids is 1. The molecule has 1 amide bonds. The number of hydrogen-bond acceptors (Lipinski definition) is 4. The van der Waals surface area contributed by atoms with E-state index >= 15 is 0 Å². The number of nitrogens with zero attached hydrogens (tertiary/aromatic N) is 3. The molecule has 1 aromatic carbocycles. The molecule has 7 heteroatoms. The van der Waals surface area contributed by atoms with Crippen molar-refractivity contribution in [3.05, 3.63) is 41.5 Å². The van der Waals surface area contributed by atoms with Crippen molar-refractivity contribution in [2.75, 3.05) is 0 Å². The highest BCUT2D eigenvalue weighted by molar-refractivity contribution is 5.91. The maximum Gasteiger partial charge on any atom is 0.287 e. The molecule has 0 saturated heterocycles. The summed E-state index contributed by atoms with van der Waals surface area (Å²) in [6.07, 6.45) is 1.30. The Morgan fingerprint density at radius 3 is 2.94 bits per heavy atom. The summed E-state index contributed by atoms with van der Waals surface area (Å²) in [4.78, 5) is 11.2. The minimum Gasteiger partial charge on any atom is -0.289 e. The second-order valence-electron chi connectivity index (χ2n) is 3.48. The maximum absolute atomic E-state index is 13.6. The summed E-state index contributed by atoms with van der Waals surface area (Å²) in [5.74, 6) is 3.94. The topological polar surface area (TPSA) is 85.8 Å². The Morgan fingerprint density at radius 1 is 1.53 bits per heavy atom. The average molecular weight is 235 g/mol. The number of benzene rings is 1. The molecule has 1 aromatic heterocycles. The number of aromatic nitrogens is 3. The van der Waals surface area contributed by atoms with Gasteiger partial charge in [-0.2, -0.15) is 0 Å². The molecule has 0 aliphatic rings. The van der Waals surface area contributed by atoms with Crippen LogP contribution >= 0.6 is 0 Å². The maximum atomic E-state index is 13.6. The van der Waals surface area contributed by atoms with Crippen LogP contribution in [0.5, 0.6) is 0 Å². The van der Waals surface area contributed by atoms with Gasteiger partial charge in [0.1, 0.15) is 11.5 Å². The van der Waals surface area contributed by atoms with E-state index in [1.807, 2.05) is 5.43 Å². The predicted octanol–water partition coefficient (Wildman–Crippen LogP) is 0.318. The van der Waals surface area contributed by atoms with E-state index in [-0.39, 0.29) is 11.4 Å². The number of carbonyl (C=O) groups is 1. The molecule has 2 rings (SSSR count). The fourth-order valence-corrected chi connectivity index (χ4v) is 1.36. The molecule has 0 radical (unpaired) electrons. The molecule has 3 N–H and O–H groups in total. The van der Waals surface area contributed by atoms with Gasteiger partial charge in [0.05, 0.1) is 6.20 Å². The molecule has 0 bridgehead atoms. The fraction of sp³-hybridized carbons (Fsp3) is 0.100. The Labute approximate surface area is 96.2 Å². The highest BCUT2D eigenvalue weighted by Gasteiger charge is 2.12. The fourth-order valence-electron chi connectivity index (χ4n) is 1.36. The molecule has 6 nitrogen and oxygen atoms in total. The van der Waals surface area contributed by atoms with E-state index < -0.39 is 11.7 Å². The minimum absolute atomic E-state index is 0.0208. The van der Waals surface area contributed by atoms with Crippen LogP contribution < -0.4 is 11.3 Å². The lowest BCUT2D eigenvalue weighted by Gasteiger charge is -2.02. The van der Waals surface area contributed by atoms with Crippen molar-refractivity contribution in [1.82, 2.24) is 20.4 Å². The van der Waals surface area contributed by atoms with Gasteiger partial charge in [-0.15, -0.1) is 5.10 Å². The number of halogens is 1. The monoisotopic (exact) mass is 235 g/mol. The van der Waals surface area contributed by atoms with Crippen molar-refractivity contribution >= 4 is 5.91 Å². The lowest BCUT2D eigenvalue weighted by atomic mass is 10.2. The minimum atomic E-state index is -0.580. The molecule has 0 fully saturated rings. The quantitative estimate of drug-likeness (QED) is 0.446. The van der Waals surface area contributed by atoms with Crippen LogP contribution in [0.1, 0.15) is 16.1 Å². The van der Waals surface area contributed by atoms with Gasteiger partial charge in [0.15, 0.2) is 5.69 Å². The van der Waals surface area contributed by atoms with Gasteiger partial charge in [0, 0.05) is 0 Å². The van der Waals surface area contributed by atoms with Crippen molar-refractivity contribution in [3.63, 3.8) is 0 Å². The smallest absolute Gasteiger partial charge is 0.287 e. The predicted molar refractivity (Wildman–Crippen MR) is 57.7 cm³/mol. The molecule has 1 heterocycles. The first-order valence-corrected chi connectivity index (χ1v) is 4.81. The van der Waals surface area contributed by atoms with E-state index in [1.54, 1.807) is 19.1 Å². The van der Waals surface area contributed by atoms with E-state index in [1.165, 1.54) is 16.9 Å². The highest BCUT2D eigenvalue weighted by atomic mass is 19.1. The van der Waals surface area contributed by atoms with E-state index in [9.17, 15) is 9.18 Å². The van der Waals surface area contributed by atoms with Crippen LogP contribution in [0.25, 0.3) is 5.69 Å². The molecule has 0 atom stereocenters. The average Bonchev–Trinajstić information content (AvgIpc) is 2.77. The number of hydrazine groups is 1. The Kier molecular flexibility index (Phi) is 2.84. The Bertz CT molecular complexity index is 566. The number of nitrogens with one attached hydrogen (secondary N) is 1. The number of rotatable bonds is 2. The van der Waals surface area contributed by atoms with Gasteiger partial charge in [-0.1, -0.05) is 11.3 Å². The normalized spacial score (nSPS) is 10.3. The molecule has 0 aliphatic carbocycles. The van der Waals surface area contributed by atoms with Gasteiger partial charge in [0.25, 0.3) is 5.91 Å². The standard InChI is InChI=1S/C10H10FN5O/c1-6-2-3-9(7(11)4-6)16-5-8(14-15-16)10(17)13-12/h2-5H,12H2,1H3,(H,13,17). The number of hydrogen-bond donors (Lipinski definition) is 2. The van der Waals surface area contributed by atoms with Gasteiger partial charge < -0.3 is 0 Å². The third-order valence-electron chi connectivity index (χ3n) is 2.21. The molecular weight excluding hydrogens is 225 g/mol. The zero-order chi connectivity index (χ0) is 12.4. The zero-order valence-corrected chi connectivity index (χ0v) is 9.01. The van der Waals surface area contributed by atoms with Crippen molar-refractivity contribution in [3.8, 4) is 5.69 Å². The van der Waals surface area contributed by atoms with Crippen molar-refractivity contribution in [2.24, 2.45) is 5.84 Å². The lowest BCUT2D eigenvalue weighted by Crippen LogP contribution is -2.30. The van der Waals surface area contributed by atoms with Gasteiger partial charge in [-0.05, 0) is 24.6 Å². The summed E-state index contributed by atoms with van der Waals surface area (Å²) in [6.45, 7) is 1.78. The second kappa shape index (κ2) is 4.30. The zero-order valence-electron chi connectivity index (χ0n) is 9.01. The van der Waals surface area contributed by atoms with Gasteiger partial charge >= 0.3 is 0 Å². The third-order valence-corrected chi connectivity index (χ3v) is 2.21. The van der Waals surface area contributed by atoms with Crippen LogP contribution in [0.3, 0.4) is 0 Å². The molecular formula is C10H10FN5O. The van der Waals surface area contributed by atoms with Crippen LogP contribution in [0.4, 0.5) is 4.39 Å². The molecule has 88 valence electrons. The van der Waals surface area contributed by atoms with Crippen LogP contribution in [-0.4, -0.2) is 20.9 Å². The first kappa shape index (κ1) is 11.2. The molecule has 17 heavy (non-hydrogen) atoms. The third kappa shape index (κ3) is 2.13. The molecule has 0 spiro atoms. The SMILES string of the molecule is Cc1ccc(-n2cc(C(=O)NN)nn2)c(F)c1. The summed E-state index contributed by atoms with van der Waals surface area (Å²) < 4.78 is 14.8. The Hall–Kier alpha value is -2.28. The van der Waals surface area contributed by atoms with E-state index in [2.05, 4.69) is 10.3 Å². The van der Waals surface area contributed by atoms with Crippen LogP contribution in [0.15, 0.2) is 24.4 Å². The molecule has 0 aliphatic heterocycles. The van der Waals surface area contributed by atoms with Gasteiger partial charge in [-0.25, -0.2) is 14.9 Å². The number of amides is 1. The summed E-state index contributed by atoms with van der Waals surface area (Å²) in [6, 6.07) is 4.67. The molecule has 2 aromatic rings. The largest absolute Gasteiger partial charge is 0.289 e. The van der Waals surface area contributed by atoms with Gasteiger partial charge in [-0.3, -0.25) is 10.2 Å². The summed E-state index contributed by atoms with van der Waals surface area (Å²) in [5.41, 5.74) is 2.96. The van der Waals surface area contributed by atoms with Crippen LogP contribution in [0.2, 0.25) is 0 Å². The summed E-state index contributed by atoms with van der Waals surface area (Å²) >= 11 is 0. The number of nitrogens with two attached hydrogens (primary N) is 1. The Morgan fingerprint density at radius 2 is 2.29 bits per heavy atom. The Balaban J connectivity index is 2.40. The number of nitrogen functional groups attached to an aromatic ring is 1. The van der Waals surface area contributed by atoms with E-state index in [0.717, 1.165) is 5.56 Å². The number of aryl methyl sites for hydroxylation is 1. The molecule has 0 unspecified atom stereocenters. The van der Waals surface area contributed by atoms with Crippen molar-refractivity contribution < 1.29 is 9.18 Å². The van der Waals surface area contributed by atoms with E-state index in [0.29, 0.717) is 0 Å². The molecule has 0 saturated carbocycles. The first-order valence-electron chi connectivity index (χ1n) is 4.81. The first-order chi connectivity index (χ1) is 8.11. The van der Waals surface area contributed by atoms with E-state index in [4.69, 9.17) is 5.84 Å². The van der Waals surface area contributed by atoms with Crippen molar-refractivity contribution in [1.29, 1.82) is 0 Å². The lowest BCUT2D eigenvalue weighted by molar-refractivity contribution is 0.0948. The van der Waals surface area contributed by atoms with Crippen LogP contribution in [0, 0.1) is 12.7 Å². The highest BCUT2D eigenvalue weighted by Crippen LogP contribution is 2.13. The van der Waals surface area contributed by atoms with Gasteiger partial charge in [0.2, 0.25) is 0 Å². The van der Waals surface area contributed by atoms with Crippen molar-refractivity contribution in [2.45, 2.75) is 6.92 Å².